The minimum absolute atomic E-state index is 0.145. The van der Waals surface area contributed by atoms with E-state index in [2.05, 4.69) is 11.2 Å². The first-order valence-electron chi connectivity index (χ1n) is 5.74. The molecular formula is C12H21O4. The zero-order valence-electron chi connectivity index (χ0n) is 10.2. The van der Waals surface area contributed by atoms with Crippen molar-refractivity contribution in [2.75, 3.05) is 13.7 Å². The third-order valence-electron chi connectivity index (χ3n) is 2.12. The molecule has 0 saturated carbocycles. The number of ether oxygens (including phenoxy) is 2. The lowest BCUT2D eigenvalue weighted by Gasteiger charge is -2.02. The summed E-state index contributed by atoms with van der Waals surface area (Å²) in [5.74, 6) is -0.306. The fourth-order valence-corrected chi connectivity index (χ4v) is 1.26. The Balaban J connectivity index is 3.15. The van der Waals surface area contributed by atoms with E-state index in [1.807, 2.05) is 0 Å². The fourth-order valence-electron chi connectivity index (χ4n) is 1.26. The number of methoxy groups -OCH3 is 1. The van der Waals surface area contributed by atoms with Gasteiger partial charge in [-0.2, -0.15) is 0 Å². The minimum atomic E-state index is -0.161. The molecule has 0 heterocycles. The lowest BCUT2D eigenvalue weighted by atomic mass is 10.1. The van der Waals surface area contributed by atoms with Gasteiger partial charge < -0.3 is 9.47 Å². The van der Waals surface area contributed by atoms with E-state index in [1.54, 1.807) is 6.92 Å². The predicted molar refractivity (Wildman–Crippen MR) is 60.7 cm³/mol. The highest BCUT2D eigenvalue weighted by Gasteiger charge is 2.02. The Labute approximate surface area is 97.3 Å². The largest absolute Gasteiger partial charge is 0.469 e. The number of esters is 2. The van der Waals surface area contributed by atoms with Gasteiger partial charge in [-0.3, -0.25) is 9.59 Å². The SMILES string of the molecule is CCOC(=O)CC[CH]CCCCC(=O)OC. The Kier molecular flexibility index (Phi) is 9.76. The summed E-state index contributed by atoms with van der Waals surface area (Å²) in [5, 5.41) is 0. The first kappa shape index (κ1) is 14.9. The number of carbonyl (C=O) groups is 2. The third kappa shape index (κ3) is 9.49. The maximum atomic E-state index is 11.0. The van der Waals surface area contributed by atoms with Crippen LogP contribution in [0, 0.1) is 6.42 Å². The van der Waals surface area contributed by atoms with Crippen LogP contribution in [-0.2, 0) is 19.1 Å². The molecule has 0 aliphatic carbocycles. The van der Waals surface area contributed by atoms with Crippen LogP contribution in [0.25, 0.3) is 0 Å². The summed E-state index contributed by atoms with van der Waals surface area (Å²) < 4.78 is 9.32. The molecule has 0 bridgehead atoms. The summed E-state index contributed by atoms with van der Waals surface area (Å²) in [6, 6.07) is 0. The highest BCUT2D eigenvalue weighted by atomic mass is 16.5. The van der Waals surface area contributed by atoms with Crippen molar-refractivity contribution in [3.05, 3.63) is 6.42 Å². The molecule has 0 aromatic rings. The van der Waals surface area contributed by atoms with Crippen LogP contribution in [-0.4, -0.2) is 25.7 Å². The predicted octanol–water partition coefficient (Wildman–Crippen LogP) is 2.27. The van der Waals surface area contributed by atoms with Crippen molar-refractivity contribution in [2.45, 2.75) is 45.4 Å². The lowest BCUT2D eigenvalue weighted by Crippen LogP contribution is -2.03. The van der Waals surface area contributed by atoms with Crippen LogP contribution in [0.4, 0.5) is 0 Å². The quantitative estimate of drug-likeness (QED) is 0.449. The molecule has 0 N–H and O–H groups in total. The molecule has 1 radical (unpaired) electrons. The second-order valence-corrected chi connectivity index (χ2v) is 3.45. The minimum Gasteiger partial charge on any atom is -0.469 e. The first-order valence-corrected chi connectivity index (χ1v) is 5.74. The van der Waals surface area contributed by atoms with Crippen molar-refractivity contribution in [3.63, 3.8) is 0 Å². The van der Waals surface area contributed by atoms with Crippen LogP contribution in [0.15, 0.2) is 0 Å². The van der Waals surface area contributed by atoms with E-state index in [9.17, 15) is 9.59 Å². The molecule has 0 spiro atoms. The van der Waals surface area contributed by atoms with Gasteiger partial charge in [0.25, 0.3) is 0 Å². The average Bonchev–Trinajstić information content (AvgIpc) is 2.27. The van der Waals surface area contributed by atoms with Gasteiger partial charge in [-0.25, -0.2) is 0 Å². The van der Waals surface area contributed by atoms with Crippen molar-refractivity contribution in [2.24, 2.45) is 0 Å². The summed E-state index contributed by atoms with van der Waals surface area (Å²) in [6.07, 6.45) is 6.45. The van der Waals surface area contributed by atoms with Crippen LogP contribution in [0.1, 0.15) is 45.4 Å². The standard InChI is InChI=1S/C12H21O4/c1-3-16-12(14)10-8-6-4-5-7-9-11(13)15-2/h6H,3-5,7-10H2,1-2H3. The monoisotopic (exact) mass is 229 g/mol. The second kappa shape index (κ2) is 10.5. The maximum Gasteiger partial charge on any atom is 0.305 e. The smallest absolute Gasteiger partial charge is 0.305 e. The van der Waals surface area contributed by atoms with Gasteiger partial charge in [-0.15, -0.1) is 0 Å². The van der Waals surface area contributed by atoms with E-state index in [4.69, 9.17) is 4.74 Å². The van der Waals surface area contributed by atoms with Crippen LogP contribution in [0.5, 0.6) is 0 Å². The summed E-state index contributed by atoms with van der Waals surface area (Å²) in [4.78, 5) is 21.7. The molecular weight excluding hydrogens is 208 g/mol. The number of unbranched alkanes of at least 4 members (excludes halogenated alkanes) is 4. The van der Waals surface area contributed by atoms with Gasteiger partial charge in [0.1, 0.15) is 0 Å². The molecule has 0 fully saturated rings. The first-order chi connectivity index (χ1) is 7.70. The molecule has 0 aromatic heterocycles. The van der Waals surface area contributed by atoms with Crippen LogP contribution in [0.3, 0.4) is 0 Å². The number of hydrogen-bond acceptors (Lipinski definition) is 4. The Morgan fingerprint density at radius 3 is 2.44 bits per heavy atom. The molecule has 4 nitrogen and oxygen atoms in total. The van der Waals surface area contributed by atoms with E-state index in [1.165, 1.54) is 7.11 Å². The summed E-state index contributed by atoms with van der Waals surface area (Å²) in [6.45, 7) is 2.24. The zero-order valence-corrected chi connectivity index (χ0v) is 10.2. The van der Waals surface area contributed by atoms with E-state index >= 15 is 0 Å². The average molecular weight is 229 g/mol. The Morgan fingerprint density at radius 2 is 1.81 bits per heavy atom. The maximum absolute atomic E-state index is 11.0. The summed E-state index contributed by atoms with van der Waals surface area (Å²) >= 11 is 0. The van der Waals surface area contributed by atoms with Crippen molar-refractivity contribution in [1.82, 2.24) is 0 Å². The van der Waals surface area contributed by atoms with Gasteiger partial charge in [0.2, 0.25) is 0 Å². The number of rotatable bonds is 9. The Morgan fingerprint density at radius 1 is 1.06 bits per heavy atom. The molecule has 0 saturated heterocycles. The molecule has 0 amide bonds. The molecule has 0 rings (SSSR count). The topological polar surface area (TPSA) is 52.6 Å². The van der Waals surface area contributed by atoms with E-state index in [-0.39, 0.29) is 11.9 Å². The summed E-state index contributed by atoms with van der Waals surface area (Å²) in [7, 11) is 1.40. The van der Waals surface area contributed by atoms with E-state index in [0.29, 0.717) is 19.4 Å². The van der Waals surface area contributed by atoms with Crippen LogP contribution in [0.2, 0.25) is 0 Å². The van der Waals surface area contributed by atoms with Gasteiger partial charge in [0.15, 0.2) is 0 Å². The van der Waals surface area contributed by atoms with Crippen LogP contribution >= 0.6 is 0 Å². The van der Waals surface area contributed by atoms with E-state index < -0.39 is 0 Å². The molecule has 4 heteroatoms. The normalized spacial score (nSPS) is 9.88. The zero-order chi connectivity index (χ0) is 12.2. The molecule has 0 aliphatic heterocycles. The van der Waals surface area contributed by atoms with Gasteiger partial charge in [-0.1, -0.05) is 12.8 Å². The second-order valence-electron chi connectivity index (χ2n) is 3.45. The van der Waals surface area contributed by atoms with Gasteiger partial charge in [-0.05, 0) is 26.2 Å². The third-order valence-corrected chi connectivity index (χ3v) is 2.12. The van der Waals surface area contributed by atoms with Gasteiger partial charge in [0.05, 0.1) is 13.7 Å². The molecule has 16 heavy (non-hydrogen) atoms. The van der Waals surface area contributed by atoms with E-state index in [0.717, 1.165) is 25.7 Å². The molecule has 93 valence electrons. The van der Waals surface area contributed by atoms with Gasteiger partial charge in [0, 0.05) is 12.8 Å². The molecule has 0 aromatic carbocycles. The summed E-state index contributed by atoms with van der Waals surface area (Å²) in [5.41, 5.74) is 0. The van der Waals surface area contributed by atoms with Crippen LogP contribution < -0.4 is 0 Å². The van der Waals surface area contributed by atoms with Crippen molar-refractivity contribution < 1.29 is 19.1 Å². The molecule has 0 unspecified atom stereocenters. The van der Waals surface area contributed by atoms with Gasteiger partial charge >= 0.3 is 11.9 Å². The number of carbonyl (C=O) groups excluding carboxylic acids is 2. The van der Waals surface area contributed by atoms with Crippen molar-refractivity contribution in [1.29, 1.82) is 0 Å². The van der Waals surface area contributed by atoms with Crippen molar-refractivity contribution >= 4 is 11.9 Å². The fraction of sp³-hybridized carbons (Fsp3) is 0.750. The number of hydrogen-bond donors (Lipinski definition) is 0. The highest BCUT2D eigenvalue weighted by molar-refractivity contribution is 5.69. The molecule has 0 aliphatic rings. The van der Waals surface area contributed by atoms with Crippen molar-refractivity contribution in [3.8, 4) is 0 Å². The molecule has 0 atom stereocenters. The highest BCUT2D eigenvalue weighted by Crippen LogP contribution is 2.07. The lowest BCUT2D eigenvalue weighted by molar-refractivity contribution is -0.143. The Hall–Kier alpha value is -1.06. The Bertz CT molecular complexity index is 201.